The summed E-state index contributed by atoms with van der Waals surface area (Å²) in [6.45, 7) is 0.653. The first-order chi connectivity index (χ1) is 9.66. The molecule has 2 nitrogen and oxygen atoms in total. The number of hydrogen-bond acceptors (Lipinski definition) is 2. The molecule has 0 aliphatic carbocycles. The van der Waals surface area contributed by atoms with E-state index in [-0.39, 0.29) is 11.9 Å². The largest absolute Gasteiger partial charge is 0.305 e. The first-order valence-corrected chi connectivity index (χ1v) is 8.23. The normalized spacial score (nSPS) is 13.9. The van der Waals surface area contributed by atoms with Crippen molar-refractivity contribution in [3.8, 4) is 0 Å². The molecule has 2 unspecified atom stereocenters. The topological polar surface area (TPSA) is 29.1 Å². The summed E-state index contributed by atoms with van der Waals surface area (Å²) in [5.41, 5.74) is 2.11. The Labute approximate surface area is 121 Å². The molecule has 2 atom stereocenters. The van der Waals surface area contributed by atoms with Crippen LogP contribution in [0.2, 0.25) is 0 Å². The highest BCUT2D eigenvalue weighted by Crippen LogP contribution is 2.21. The molecule has 2 aromatic rings. The van der Waals surface area contributed by atoms with Crippen molar-refractivity contribution in [3.63, 3.8) is 0 Å². The van der Waals surface area contributed by atoms with Gasteiger partial charge in [-0.25, -0.2) is 4.39 Å². The Hall–Kier alpha value is -1.52. The average Bonchev–Trinajstić information content (AvgIpc) is 2.46. The molecule has 1 N–H and O–H groups in total. The van der Waals surface area contributed by atoms with Gasteiger partial charge in [0.25, 0.3) is 0 Å². The Kier molecular flexibility index (Phi) is 5.44. The molecule has 20 heavy (non-hydrogen) atoms. The van der Waals surface area contributed by atoms with E-state index in [4.69, 9.17) is 0 Å². The molecule has 2 aromatic carbocycles. The van der Waals surface area contributed by atoms with Gasteiger partial charge in [-0.3, -0.25) is 4.21 Å². The Morgan fingerprint density at radius 3 is 2.25 bits per heavy atom. The third-order valence-corrected chi connectivity index (χ3v) is 3.85. The molecule has 4 heteroatoms. The first-order valence-electron chi connectivity index (χ1n) is 6.50. The predicted molar refractivity (Wildman–Crippen MR) is 81.6 cm³/mol. The van der Waals surface area contributed by atoms with Gasteiger partial charge < -0.3 is 5.32 Å². The van der Waals surface area contributed by atoms with Crippen LogP contribution in [0.15, 0.2) is 54.6 Å². The van der Waals surface area contributed by atoms with Crippen molar-refractivity contribution in [1.29, 1.82) is 0 Å². The molecule has 0 fully saturated rings. The van der Waals surface area contributed by atoms with Crippen LogP contribution in [-0.2, 0) is 10.8 Å². The Morgan fingerprint density at radius 1 is 1.05 bits per heavy atom. The van der Waals surface area contributed by atoms with E-state index >= 15 is 0 Å². The van der Waals surface area contributed by atoms with E-state index in [1.807, 2.05) is 30.3 Å². The summed E-state index contributed by atoms with van der Waals surface area (Å²) in [5.74, 6) is 0.361. The highest BCUT2D eigenvalue weighted by atomic mass is 32.2. The van der Waals surface area contributed by atoms with Crippen molar-refractivity contribution >= 4 is 10.8 Å². The third-order valence-electron chi connectivity index (χ3n) is 3.07. The minimum absolute atomic E-state index is 0.0136. The summed E-state index contributed by atoms with van der Waals surface area (Å²) in [7, 11) is -0.821. The first kappa shape index (κ1) is 14.9. The number of benzene rings is 2. The molecule has 0 radical (unpaired) electrons. The Balaban J connectivity index is 2.20. The van der Waals surface area contributed by atoms with Gasteiger partial charge in [-0.1, -0.05) is 42.5 Å². The van der Waals surface area contributed by atoms with Crippen molar-refractivity contribution < 1.29 is 8.60 Å². The van der Waals surface area contributed by atoms with Crippen LogP contribution in [-0.4, -0.2) is 22.8 Å². The molecule has 106 valence electrons. The number of rotatable bonds is 6. The van der Waals surface area contributed by atoms with E-state index in [1.165, 1.54) is 12.1 Å². The lowest BCUT2D eigenvalue weighted by Crippen LogP contribution is -2.26. The summed E-state index contributed by atoms with van der Waals surface area (Å²) in [4.78, 5) is 0. The monoisotopic (exact) mass is 291 g/mol. The van der Waals surface area contributed by atoms with E-state index < -0.39 is 10.8 Å². The molecule has 0 spiro atoms. The zero-order chi connectivity index (χ0) is 14.4. The van der Waals surface area contributed by atoms with Crippen LogP contribution in [0.5, 0.6) is 0 Å². The van der Waals surface area contributed by atoms with Crippen LogP contribution >= 0.6 is 0 Å². The van der Waals surface area contributed by atoms with Crippen molar-refractivity contribution in [3.05, 3.63) is 71.5 Å². The number of halogens is 1. The molecule has 2 rings (SSSR count). The van der Waals surface area contributed by atoms with Gasteiger partial charge in [0.05, 0.1) is 6.04 Å². The van der Waals surface area contributed by atoms with Gasteiger partial charge in [0.2, 0.25) is 0 Å². The standard InChI is InChI=1S/C16H18FNOS/c1-20(19)12-11-18-16(13-5-3-2-4-6-13)14-7-9-15(17)10-8-14/h2-10,16,18H,11-12H2,1H3. The summed E-state index contributed by atoms with van der Waals surface area (Å²) in [6, 6.07) is 16.5. The van der Waals surface area contributed by atoms with E-state index in [2.05, 4.69) is 5.32 Å². The van der Waals surface area contributed by atoms with E-state index in [9.17, 15) is 8.60 Å². The summed E-state index contributed by atoms with van der Waals surface area (Å²) >= 11 is 0. The lowest BCUT2D eigenvalue weighted by atomic mass is 9.99. The third kappa shape index (κ3) is 4.25. The molecule has 0 heterocycles. The fraction of sp³-hybridized carbons (Fsp3) is 0.250. The number of nitrogens with one attached hydrogen (secondary N) is 1. The molecule has 0 bridgehead atoms. The molecule has 0 aliphatic heterocycles. The second-order valence-electron chi connectivity index (χ2n) is 4.63. The molecule has 0 saturated carbocycles. The van der Waals surface area contributed by atoms with Crippen molar-refractivity contribution in [2.45, 2.75) is 6.04 Å². The van der Waals surface area contributed by atoms with Crippen molar-refractivity contribution in [1.82, 2.24) is 5.32 Å². The lowest BCUT2D eigenvalue weighted by Gasteiger charge is -2.19. The zero-order valence-electron chi connectivity index (χ0n) is 11.4. The van der Waals surface area contributed by atoms with Gasteiger partial charge in [0, 0.05) is 29.4 Å². The number of hydrogen-bond donors (Lipinski definition) is 1. The van der Waals surface area contributed by atoms with Crippen LogP contribution in [0.4, 0.5) is 4.39 Å². The summed E-state index contributed by atoms with van der Waals surface area (Å²) in [6.07, 6.45) is 1.69. The predicted octanol–water partition coefficient (Wildman–Crippen LogP) is 2.88. The highest BCUT2D eigenvalue weighted by Gasteiger charge is 2.13. The van der Waals surface area contributed by atoms with Crippen LogP contribution in [0.25, 0.3) is 0 Å². The second kappa shape index (κ2) is 7.31. The van der Waals surface area contributed by atoms with Gasteiger partial charge in [-0.15, -0.1) is 0 Å². The summed E-state index contributed by atoms with van der Waals surface area (Å²) < 4.78 is 24.2. The maximum absolute atomic E-state index is 13.0. The molecular weight excluding hydrogens is 273 g/mol. The summed E-state index contributed by atoms with van der Waals surface area (Å²) in [5, 5.41) is 3.39. The van der Waals surface area contributed by atoms with Crippen LogP contribution in [0.3, 0.4) is 0 Å². The molecule has 0 aromatic heterocycles. The van der Waals surface area contributed by atoms with Gasteiger partial charge in [0.1, 0.15) is 5.82 Å². The second-order valence-corrected chi connectivity index (χ2v) is 6.18. The molecule has 0 aliphatic rings. The van der Waals surface area contributed by atoms with E-state index in [0.717, 1.165) is 11.1 Å². The van der Waals surface area contributed by atoms with E-state index in [0.29, 0.717) is 12.3 Å². The average molecular weight is 291 g/mol. The SMILES string of the molecule is CS(=O)CCNC(c1ccccc1)c1ccc(F)cc1. The quantitative estimate of drug-likeness (QED) is 0.886. The molecular formula is C16H18FNOS. The van der Waals surface area contributed by atoms with Crippen LogP contribution in [0, 0.1) is 5.82 Å². The fourth-order valence-corrected chi connectivity index (χ4v) is 2.48. The fourth-order valence-electron chi connectivity index (χ4n) is 2.08. The van der Waals surface area contributed by atoms with Gasteiger partial charge >= 0.3 is 0 Å². The minimum atomic E-state index is -0.821. The van der Waals surface area contributed by atoms with Crippen LogP contribution in [0.1, 0.15) is 17.2 Å². The van der Waals surface area contributed by atoms with Gasteiger partial charge in [-0.2, -0.15) is 0 Å². The zero-order valence-corrected chi connectivity index (χ0v) is 12.2. The van der Waals surface area contributed by atoms with Crippen molar-refractivity contribution in [2.24, 2.45) is 0 Å². The smallest absolute Gasteiger partial charge is 0.123 e. The molecule has 0 amide bonds. The van der Waals surface area contributed by atoms with E-state index in [1.54, 1.807) is 18.4 Å². The Morgan fingerprint density at radius 2 is 1.65 bits per heavy atom. The van der Waals surface area contributed by atoms with Crippen LogP contribution < -0.4 is 5.32 Å². The Bertz CT molecular complexity index is 556. The lowest BCUT2D eigenvalue weighted by molar-refractivity contribution is 0.613. The minimum Gasteiger partial charge on any atom is -0.305 e. The maximum Gasteiger partial charge on any atom is 0.123 e. The molecule has 0 saturated heterocycles. The van der Waals surface area contributed by atoms with Gasteiger partial charge in [-0.05, 0) is 23.3 Å². The van der Waals surface area contributed by atoms with Gasteiger partial charge in [0.15, 0.2) is 0 Å². The maximum atomic E-state index is 13.0. The van der Waals surface area contributed by atoms with Crippen molar-refractivity contribution in [2.75, 3.05) is 18.6 Å². The highest BCUT2D eigenvalue weighted by molar-refractivity contribution is 7.84.